The minimum Gasteiger partial charge on any atom is -0.322 e. The summed E-state index contributed by atoms with van der Waals surface area (Å²) in [6.07, 6.45) is 0.0402. The number of hydrogen-bond donors (Lipinski definition) is 2. The highest BCUT2D eigenvalue weighted by Crippen LogP contribution is 2.26. The van der Waals surface area contributed by atoms with Crippen molar-refractivity contribution in [2.75, 3.05) is 10.3 Å². The quantitative estimate of drug-likeness (QED) is 0.513. The molecular weight excluding hydrogens is 448 g/mol. The zero-order valence-electron chi connectivity index (χ0n) is 18.8. The standard InChI is InChI=1S/C26H24N4O3S/c1-17-11-13-19(14-12-17)26(33)27-20-7-6-10-22(15-20)34-18(2)25(32)28-23-16-24(31)30(29-23)21-8-4-3-5-9-21/h3-15,18H,16H2,1-2H3,(H,27,33)(H,28,29,32). The van der Waals surface area contributed by atoms with Crippen molar-refractivity contribution in [2.24, 2.45) is 5.10 Å². The molecule has 4 rings (SSSR count). The van der Waals surface area contributed by atoms with Crippen molar-refractivity contribution in [2.45, 2.75) is 30.4 Å². The number of hydrogen-bond acceptors (Lipinski definition) is 5. The van der Waals surface area contributed by atoms with Gasteiger partial charge in [0.05, 0.1) is 17.4 Å². The fourth-order valence-electron chi connectivity index (χ4n) is 3.33. The van der Waals surface area contributed by atoms with Gasteiger partial charge in [-0.1, -0.05) is 42.0 Å². The number of amidine groups is 1. The summed E-state index contributed by atoms with van der Waals surface area (Å²) in [5, 5.41) is 10.8. The van der Waals surface area contributed by atoms with Crippen molar-refractivity contribution < 1.29 is 14.4 Å². The maximum atomic E-state index is 12.7. The molecule has 0 saturated carbocycles. The van der Waals surface area contributed by atoms with Crippen molar-refractivity contribution >= 4 is 46.7 Å². The van der Waals surface area contributed by atoms with Crippen molar-refractivity contribution in [3.05, 3.63) is 90.0 Å². The van der Waals surface area contributed by atoms with E-state index in [0.717, 1.165) is 10.5 Å². The van der Waals surface area contributed by atoms with E-state index in [1.807, 2.05) is 55.5 Å². The average Bonchev–Trinajstić information content (AvgIpc) is 3.20. The van der Waals surface area contributed by atoms with Crippen LogP contribution in [-0.4, -0.2) is 28.8 Å². The summed E-state index contributed by atoms with van der Waals surface area (Å²) in [4.78, 5) is 38.3. The monoisotopic (exact) mass is 472 g/mol. The Morgan fingerprint density at radius 1 is 0.971 bits per heavy atom. The molecule has 0 radical (unpaired) electrons. The molecule has 1 atom stereocenters. The van der Waals surface area contributed by atoms with Gasteiger partial charge < -0.3 is 10.6 Å². The van der Waals surface area contributed by atoms with E-state index in [2.05, 4.69) is 15.7 Å². The molecule has 8 heteroatoms. The molecule has 3 amide bonds. The largest absolute Gasteiger partial charge is 0.322 e. The Labute approximate surface area is 202 Å². The molecule has 7 nitrogen and oxygen atoms in total. The lowest BCUT2D eigenvalue weighted by molar-refractivity contribution is -0.118. The van der Waals surface area contributed by atoms with Crippen LogP contribution in [0.2, 0.25) is 0 Å². The van der Waals surface area contributed by atoms with Crippen LogP contribution in [0.5, 0.6) is 0 Å². The molecule has 0 fully saturated rings. The Kier molecular flexibility index (Phi) is 7.08. The van der Waals surface area contributed by atoms with Crippen LogP contribution in [0.4, 0.5) is 11.4 Å². The van der Waals surface area contributed by atoms with Crippen LogP contribution in [0.1, 0.15) is 29.3 Å². The number of aryl methyl sites for hydroxylation is 1. The second-order valence-electron chi connectivity index (χ2n) is 7.86. The van der Waals surface area contributed by atoms with Gasteiger partial charge in [-0.3, -0.25) is 14.4 Å². The van der Waals surface area contributed by atoms with Gasteiger partial charge >= 0.3 is 0 Å². The highest BCUT2D eigenvalue weighted by Gasteiger charge is 2.27. The topological polar surface area (TPSA) is 90.9 Å². The number of hydrazone groups is 1. The van der Waals surface area contributed by atoms with E-state index in [0.29, 0.717) is 22.8 Å². The number of anilines is 2. The van der Waals surface area contributed by atoms with Gasteiger partial charge in [0, 0.05) is 16.1 Å². The van der Waals surface area contributed by atoms with Gasteiger partial charge in [-0.25, -0.2) is 0 Å². The molecule has 0 aliphatic carbocycles. The van der Waals surface area contributed by atoms with Crippen molar-refractivity contribution in [1.82, 2.24) is 5.32 Å². The summed E-state index contributed by atoms with van der Waals surface area (Å²) in [6.45, 7) is 3.75. The van der Waals surface area contributed by atoms with E-state index in [9.17, 15) is 14.4 Å². The predicted molar refractivity (Wildman–Crippen MR) is 135 cm³/mol. The molecule has 0 saturated heterocycles. The van der Waals surface area contributed by atoms with Crippen LogP contribution in [-0.2, 0) is 9.59 Å². The summed E-state index contributed by atoms with van der Waals surface area (Å²) in [5.41, 5.74) is 2.96. The Morgan fingerprint density at radius 2 is 1.71 bits per heavy atom. The van der Waals surface area contributed by atoms with Gasteiger partial charge in [0.25, 0.3) is 11.8 Å². The van der Waals surface area contributed by atoms with Crippen LogP contribution in [0.25, 0.3) is 0 Å². The normalized spacial score (nSPS) is 13.9. The van der Waals surface area contributed by atoms with E-state index in [-0.39, 0.29) is 24.1 Å². The Bertz CT molecular complexity index is 1240. The van der Waals surface area contributed by atoms with E-state index < -0.39 is 5.25 Å². The van der Waals surface area contributed by atoms with Gasteiger partial charge in [0.2, 0.25) is 5.91 Å². The van der Waals surface area contributed by atoms with E-state index in [1.54, 1.807) is 37.3 Å². The number of benzene rings is 3. The molecule has 1 aliphatic heterocycles. The van der Waals surface area contributed by atoms with Gasteiger partial charge in [-0.15, -0.1) is 11.8 Å². The zero-order chi connectivity index (χ0) is 24.1. The first-order valence-corrected chi connectivity index (χ1v) is 11.7. The van der Waals surface area contributed by atoms with Gasteiger partial charge in [-0.2, -0.15) is 10.1 Å². The number of carbonyl (C=O) groups excluding carboxylic acids is 3. The second kappa shape index (κ2) is 10.4. The number of nitrogens with one attached hydrogen (secondary N) is 2. The minimum atomic E-state index is -0.438. The fraction of sp³-hybridized carbons (Fsp3) is 0.154. The lowest BCUT2D eigenvalue weighted by Crippen LogP contribution is -2.35. The van der Waals surface area contributed by atoms with E-state index in [1.165, 1.54) is 16.8 Å². The van der Waals surface area contributed by atoms with Crippen molar-refractivity contribution in [3.8, 4) is 0 Å². The number of nitrogens with zero attached hydrogens (tertiary/aromatic N) is 2. The highest BCUT2D eigenvalue weighted by molar-refractivity contribution is 8.00. The number of amides is 3. The third-order valence-electron chi connectivity index (χ3n) is 5.13. The molecule has 3 aromatic carbocycles. The number of rotatable bonds is 6. The maximum Gasteiger partial charge on any atom is 0.255 e. The smallest absolute Gasteiger partial charge is 0.255 e. The molecule has 2 N–H and O–H groups in total. The average molecular weight is 473 g/mol. The lowest BCUT2D eigenvalue weighted by atomic mass is 10.1. The molecule has 1 aliphatic rings. The summed E-state index contributed by atoms with van der Waals surface area (Å²) in [7, 11) is 0. The second-order valence-corrected chi connectivity index (χ2v) is 9.28. The molecule has 1 heterocycles. The SMILES string of the molecule is Cc1ccc(C(=O)Nc2cccc(SC(C)C(=O)NC3=NN(c4ccccc4)C(=O)C3)c2)cc1. The first-order valence-electron chi connectivity index (χ1n) is 10.8. The van der Waals surface area contributed by atoms with Crippen molar-refractivity contribution in [3.63, 3.8) is 0 Å². The number of thioether (sulfide) groups is 1. The van der Waals surface area contributed by atoms with Crippen LogP contribution in [0.15, 0.2) is 88.9 Å². The Hall–Kier alpha value is -3.91. The lowest BCUT2D eigenvalue weighted by Gasteiger charge is -2.13. The van der Waals surface area contributed by atoms with Crippen LogP contribution in [0.3, 0.4) is 0 Å². The van der Waals surface area contributed by atoms with Gasteiger partial charge in [-0.05, 0) is 56.3 Å². The van der Waals surface area contributed by atoms with Gasteiger partial charge in [0.15, 0.2) is 0 Å². The first-order chi connectivity index (χ1) is 16.4. The summed E-state index contributed by atoms with van der Waals surface area (Å²) >= 11 is 1.36. The summed E-state index contributed by atoms with van der Waals surface area (Å²) in [6, 6.07) is 23.8. The molecule has 3 aromatic rings. The molecule has 1 unspecified atom stereocenters. The molecule has 0 bridgehead atoms. The number of para-hydroxylation sites is 1. The third-order valence-corrected chi connectivity index (χ3v) is 6.23. The molecular formula is C26H24N4O3S. The number of carbonyl (C=O) groups is 3. The maximum absolute atomic E-state index is 12.7. The zero-order valence-corrected chi connectivity index (χ0v) is 19.6. The molecule has 34 heavy (non-hydrogen) atoms. The Morgan fingerprint density at radius 3 is 2.44 bits per heavy atom. The molecule has 0 spiro atoms. The van der Waals surface area contributed by atoms with Crippen LogP contribution in [0, 0.1) is 6.92 Å². The van der Waals surface area contributed by atoms with Crippen LogP contribution < -0.4 is 15.6 Å². The Balaban J connectivity index is 1.36. The third kappa shape index (κ3) is 5.71. The highest BCUT2D eigenvalue weighted by atomic mass is 32.2. The predicted octanol–water partition coefficient (Wildman–Crippen LogP) is 4.59. The van der Waals surface area contributed by atoms with Crippen LogP contribution >= 0.6 is 11.8 Å². The van der Waals surface area contributed by atoms with Gasteiger partial charge in [0.1, 0.15) is 5.84 Å². The molecule has 0 aromatic heterocycles. The minimum absolute atomic E-state index is 0.0402. The summed E-state index contributed by atoms with van der Waals surface area (Å²) in [5.74, 6) is -0.315. The fourth-order valence-corrected chi connectivity index (χ4v) is 4.25. The van der Waals surface area contributed by atoms with E-state index >= 15 is 0 Å². The van der Waals surface area contributed by atoms with E-state index in [4.69, 9.17) is 0 Å². The summed E-state index contributed by atoms with van der Waals surface area (Å²) < 4.78 is 0. The van der Waals surface area contributed by atoms with Crippen molar-refractivity contribution in [1.29, 1.82) is 0 Å². The molecule has 172 valence electrons. The first kappa shape index (κ1) is 23.3.